The van der Waals surface area contributed by atoms with Crippen molar-refractivity contribution < 1.29 is 0 Å². The van der Waals surface area contributed by atoms with Gasteiger partial charge in [-0.05, 0) is 19.2 Å². The fourth-order valence-electron chi connectivity index (χ4n) is 1.67. The van der Waals surface area contributed by atoms with E-state index in [2.05, 4.69) is 27.0 Å². The van der Waals surface area contributed by atoms with E-state index in [1.807, 2.05) is 12.1 Å². The van der Waals surface area contributed by atoms with Gasteiger partial charge in [-0.1, -0.05) is 0 Å². The molecule has 5 heteroatoms. The van der Waals surface area contributed by atoms with E-state index in [1.54, 1.807) is 0 Å². The van der Waals surface area contributed by atoms with Gasteiger partial charge in [-0.25, -0.2) is 0 Å². The molecule has 1 aliphatic heterocycles. The molecule has 0 atom stereocenters. The number of aromatic nitrogens is 2. The number of anilines is 1. The summed E-state index contributed by atoms with van der Waals surface area (Å²) in [6, 6.07) is 3.95. The second-order valence-electron chi connectivity index (χ2n) is 3.88. The summed E-state index contributed by atoms with van der Waals surface area (Å²) >= 11 is 0. The lowest BCUT2D eigenvalue weighted by Crippen LogP contribution is -2.44. The van der Waals surface area contributed by atoms with E-state index in [9.17, 15) is 0 Å². The molecule has 2 N–H and O–H groups in total. The maximum Gasteiger partial charge on any atom is 0.151 e. The molecule has 0 saturated carbocycles. The van der Waals surface area contributed by atoms with Gasteiger partial charge in [0.1, 0.15) is 0 Å². The highest BCUT2D eigenvalue weighted by atomic mass is 15.3. The summed E-state index contributed by atoms with van der Waals surface area (Å²) in [4.78, 5) is 4.57. The fourth-order valence-corrected chi connectivity index (χ4v) is 1.67. The molecule has 5 nitrogen and oxygen atoms in total. The molecule has 1 aromatic rings. The van der Waals surface area contributed by atoms with E-state index in [-0.39, 0.29) is 0 Å². The first-order valence-electron chi connectivity index (χ1n) is 5.26. The van der Waals surface area contributed by atoms with Crippen LogP contribution >= 0.6 is 0 Å². The average Bonchev–Trinajstić information content (AvgIpc) is 2.30. The van der Waals surface area contributed by atoms with Gasteiger partial charge in [0, 0.05) is 32.7 Å². The molecular formula is C10H17N5. The van der Waals surface area contributed by atoms with Crippen LogP contribution in [0.2, 0.25) is 0 Å². The third-order valence-corrected chi connectivity index (χ3v) is 2.74. The zero-order chi connectivity index (χ0) is 10.7. The SMILES string of the molecule is CN1CCN(c2ccc(CN)nn2)CC1. The Morgan fingerprint density at radius 1 is 1.20 bits per heavy atom. The van der Waals surface area contributed by atoms with Crippen LogP contribution in [-0.2, 0) is 6.54 Å². The number of likely N-dealkylation sites (N-methyl/N-ethyl adjacent to an activating group) is 1. The highest BCUT2D eigenvalue weighted by Gasteiger charge is 2.15. The van der Waals surface area contributed by atoms with Gasteiger partial charge in [0.05, 0.1) is 5.69 Å². The molecule has 0 aliphatic carbocycles. The lowest BCUT2D eigenvalue weighted by atomic mass is 10.3. The minimum Gasteiger partial charge on any atom is -0.353 e. The number of rotatable bonds is 2. The van der Waals surface area contributed by atoms with Crippen LogP contribution in [0.25, 0.3) is 0 Å². The smallest absolute Gasteiger partial charge is 0.151 e. The molecule has 1 aliphatic rings. The van der Waals surface area contributed by atoms with Gasteiger partial charge < -0.3 is 15.5 Å². The Morgan fingerprint density at radius 2 is 1.93 bits per heavy atom. The van der Waals surface area contributed by atoms with Crippen LogP contribution in [0, 0.1) is 0 Å². The van der Waals surface area contributed by atoms with Gasteiger partial charge in [-0.3, -0.25) is 0 Å². The maximum absolute atomic E-state index is 5.47. The number of nitrogens with two attached hydrogens (primary N) is 1. The Morgan fingerprint density at radius 3 is 2.47 bits per heavy atom. The van der Waals surface area contributed by atoms with E-state index in [0.717, 1.165) is 37.7 Å². The van der Waals surface area contributed by atoms with Crippen molar-refractivity contribution >= 4 is 5.82 Å². The van der Waals surface area contributed by atoms with Crippen LogP contribution in [0.5, 0.6) is 0 Å². The van der Waals surface area contributed by atoms with E-state index in [1.165, 1.54) is 0 Å². The average molecular weight is 207 g/mol. The van der Waals surface area contributed by atoms with Crippen molar-refractivity contribution in [1.82, 2.24) is 15.1 Å². The highest BCUT2D eigenvalue weighted by molar-refractivity contribution is 5.37. The monoisotopic (exact) mass is 207 g/mol. The molecule has 0 bridgehead atoms. The van der Waals surface area contributed by atoms with E-state index in [4.69, 9.17) is 5.73 Å². The molecule has 0 amide bonds. The lowest BCUT2D eigenvalue weighted by molar-refractivity contribution is 0.311. The van der Waals surface area contributed by atoms with Crippen molar-refractivity contribution in [1.29, 1.82) is 0 Å². The van der Waals surface area contributed by atoms with E-state index < -0.39 is 0 Å². The van der Waals surface area contributed by atoms with Crippen molar-refractivity contribution in [3.8, 4) is 0 Å². The minimum atomic E-state index is 0.454. The van der Waals surface area contributed by atoms with Gasteiger partial charge in [0.2, 0.25) is 0 Å². The molecule has 1 aromatic heterocycles. The van der Waals surface area contributed by atoms with Gasteiger partial charge in [0.25, 0.3) is 0 Å². The van der Waals surface area contributed by atoms with Gasteiger partial charge in [-0.2, -0.15) is 5.10 Å². The second kappa shape index (κ2) is 4.55. The quantitative estimate of drug-likeness (QED) is 0.720. The molecule has 82 valence electrons. The first kappa shape index (κ1) is 10.3. The van der Waals surface area contributed by atoms with Gasteiger partial charge >= 0.3 is 0 Å². The van der Waals surface area contributed by atoms with Crippen LogP contribution in [0.15, 0.2) is 12.1 Å². The van der Waals surface area contributed by atoms with Gasteiger partial charge in [-0.15, -0.1) is 5.10 Å². The topological polar surface area (TPSA) is 58.3 Å². The number of piperazine rings is 1. The zero-order valence-corrected chi connectivity index (χ0v) is 9.06. The molecular weight excluding hydrogens is 190 g/mol. The van der Waals surface area contributed by atoms with E-state index in [0.29, 0.717) is 6.54 Å². The summed E-state index contributed by atoms with van der Waals surface area (Å²) < 4.78 is 0. The summed E-state index contributed by atoms with van der Waals surface area (Å²) in [6.07, 6.45) is 0. The molecule has 1 fully saturated rings. The van der Waals surface area contributed by atoms with Crippen LogP contribution in [0.1, 0.15) is 5.69 Å². The number of nitrogens with zero attached hydrogens (tertiary/aromatic N) is 4. The molecule has 0 spiro atoms. The highest BCUT2D eigenvalue weighted by Crippen LogP contribution is 2.11. The van der Waals surface area contributed by atoms with Crippen molar-refractivity contribution in [3.05, 3.63) is 17.8 Å². The van der Waals surface area contributed by atoms with Crippen molar-refractivity contribution in [2.24, 2.45) is 5.73 Å². The summed E-state index contributed by atoms with van der Waals surface area (Å²) in [6.45, 7) is 4.66. The first-order valence-corrected chi connectivity index (χ1v) is 5.26. The Balaban J connectivity index is 2.03. The molecule has 0 aromatic carbocycles. The van der Waals surface area contributed by atoms with Crippen molar-refractivity contribution in [2.45, 2.75) is 6.54 Å². The Bertz CT molecular complexity index is 302. The summed E-state index contributed by atoms with van der Waals surface area (Å²) in [5.74, 6) is 0.959. The molecule has 0 unspecified atom stereocenters. The fraction of sp³-hybridized carbons (Fsp3) is 0.600. The second-order valence-corrected chi connectivity index (χ2v) is 3.88. The summed E-state index contributed by atoms with van der Waals surface area (Å²) in [5, 5.41) is 8.24. The standard InChI is InChI=1S/C10H17N5/c1-14-4-6-15(7-5-14)10-3-2-9(8-11)12-13-10/h2-3H,4-8,11H2,1H3. The predicted molar refractivity (Wildman–Crippen MR) is 59.6 cm³/mol. The molecule has 2 rings (SSSR count). The van der Waals surface area contributed by atoms with Crippen LogP contribution in [-0.4, -0.2) is 48.3 Å². The zero-order valence-electron chi connectivity index (χ0n) is 9.06. The van der Waals surface area contributed by atoms with Crippen LogP contribution in [0.4, 0.5) is 5.82 Å². The summed E-state index contributed by atoms with van der Waals surface area (Å²) in [7, 11) is 2.14. The first-order chi connectivity index (χ1) is 7.29. The molecule has 2 heterocycles. The van der Waals surface area contributed by atoms with E-state index >= 15 is 0 Å². The Labute approximate surface area is 89.9 Å². The largest absolute Gasteiger partial charge is 0.353 e. The molecule has 1 saturated heterocycles. The number of hydrogen-bond donors (Lipinski definition) is 1. The minimum absolute atomic E-state index is 0.454. The third kappa shape index (κ3) is 2.43. The van der Waals surface area contributed by atoms with Crippen molar-refractivity contribution in [2.75, 3.05) is 38.1 Å². The molecule has 15 heavy (non-hydrogen) atoms. The summed E-state index contributed by atoms with van der Waals surface area (Å²) in [5.41, 5.74) is 6.31. The third-order valence-electron chi connectivity index (χ3n) is 2.74. The number of hydrogen-bond acceptors (Lipinski definition) is 5. The Kier molecular flexibility index (Phi) is 3.13. The molecule has 0 radical (unpaired) electrons. The predicted octanol–water partition coefficient (Wildman–Crippen LogP) is -0.313. The van der Waals surface area contributed by atoms with Crippen LogP contribution < -0.4 is 10.6 Å². The lowest BCUT2D eigenvalue weighted by Gasteiger charge is -2.32. The van der Waals surface area contributed by atoms with Crippen molar-refractivity contribution in [3.63, 3.8) is 0 Å². The maximum atomic E-state index is 5.47. The van der Waals surface area contributed by atoms with Gasteiger partial charge in [0.15, 0.2) is 5.82 Å². The Hall–Kier alpha value is -1.20. The normalized spacial score (nSPS) is 18.1. The van der Waals surface area contributed by atoms with Crippen LogP contribution in [0.3, 0.4) is 0 Å².